The van der Waals surface area contributed by atoms with Crippen LogP contribution in [0, 0.1) is 13.8 Å². The number of hydrogen-bond donors (Lipinski definition) is 3. The zero-order valence-corrected chi connectivity index (χ0v) is 13.5. The molecule has 4 N–H and O–H groups in total. The van der Waals surface area contributed by atoms with Crippen LogP contribution in [0.1, 0.15) is 41.7 Å². The normalized spacial score (nSPS) is 18.6. The zero-order valence-electron chi connectivity index (χ0n) is 12.8. The van der Waals surface area contributed by atoms with Crippen molar-refractivity contribution in [2.75, 3.05) is 23.8 Å². The van der Waals surface area contributed by atoms with Gasteiger partial charge in [-0.25, -0.2) is 9.97 Å². The van der Waals surface area contributed by atoms with Crippen LogP contribution in [0.3, 0.4) is 0 Å². The minimum absolute atomic E-state index is 0.0145. The Morgan fingerprint density at radius 3 is 2.73 bits per heavy atom. The van der Waals surface area contributed by atoms with Crippen molar-refractivity contribution in [3.8, 4) is 0 Å². The summed E-state index contributed by atoms with van der Waals surface area (Å²) in [6.45, 7) is 6.58. The van der Waals surface area contributed by atoms with Gasteiger partial charge in [0.15, 0.2) is 0 Å². The highest BCUT2D eigenvalue weighted by Crippen LogP contribution is 2.42. The Kier molecular flexibility index (Phi) is 3.70. The highest BCUT2D eigenvalue weighted by molar-refractivity contribution is 6.30. The van der Waals surface area contributed by atoms with Gasteiger partial charge in [-0.1, -0.05) is 11.6 Å². The van der Waals surface area contributed by atoms with E-state index < -0.39 is 0 Å². The van der Waals surface area contributed by atoms with Gasteiger partial charge in [-0.15, -0.1) is 0 Å². The van der Waals surface area contributed by atoms with Crippen LogP contribution in [-0.2, 0) is 0 Å². The van der Waals surface area contributed by atoms with Crippen molar-refractivity contribution in [2.24, 2.45) is 0 Å². The van der Waals surface area contributed by atoms with E-state index in [9.17, 15) is 5.11 Å². The Bertz CT molecular complexity index is 696. The van der Waals surface area contributed by atoms with Gasteiger partial charge in [-0.05, 0) is 20.8 Å². The molecule has 0 radical (unpaired) electrons. The van der Waals surface area contributed by atoms with Crippen LogP contribution in [0.4, 0.5) is 11.8 Å². The molecule has 22 heavy (non-hydrogen) atoms. The molecule has 7 nitrogen and oxygen atoms in total. The van der Waals surface area contributed by atoms with E-state index >= 15 is 0 Å². The van der Waals surface area contributed by atoms with E-state index in [1.807, 2.05) is 20.8 Å². The molecule has 0 spiro atoms. The number of aryl methyl sites for hydroxylation is 2. The van der Waals surface area contributed by atoms with E-state index in [-0.39, 0.29) is 24.5 Å². The van der Waals surface area contributed by atoms with Gasteiger partial charge in [0.2, 0.25) is 5.95 Å². The Hall–Kier alpha value is -1.86. The van der Waals surface area contributed by atoms with E-state index in [0.717, 1.165) is 22.8 Å². The maximum atomic E-state index is 9.63. The summed E-state index contributed by atoms with van der Waals surface area (Å²) in [7, 11) is 0. The van der Waals surface area contributed by atoms with Crippen molar-refractivity contribution < 1.29 is 5.11 Å². The number of anilines is 2. The molecule has 3 heterocycles. The summed E-state index contributed by atoms with van der Waals surface area (Å²) in [5, 5.41) is 9.94. The molecule has 0 saturated heterocycles. The summed E-state index contributed by atoms with van der Waals surface area (Å²) in [6, 6.07) is -0.0342. The first-order valence-electron chi connectivity index (χ1n) is 7.15. The molecule has 118 valence electrons. The molecule has 0 aliphatic carbocycles. The Morgan fingerprint density at radius 2 is 2.14 bits per heavy atom. The van der Waals surface area contributed by atoms with Gasteiger partial charge in [0.05, 0.1) is 18.3 Å². The number of nitrogens with two attached hydrogens (primary N) is 1. The number of hydrogen-bond acceptors (Lipinski definition) is 6. The maximum Gasteiger partial charge on any atom is 0.223 e. The molecule has 0 amide bonds. The van der Waals surface area contributed by atoms with Gasteiger partial charge in [-0.2, -0.15) is 4.98 Å². The second-order valence-electron chi connectivity index (χ2n) is 5.65. The lowest BCUT2D eigenvalue weighted by Crippen LogP contribution is -2.27. The van der Waals surface area contributed by atoms with Crippen LogP contribution in [0.15, 0.2) is 0 Å². The van der Waals surface area contributed by atoms with Crippen LogP contribution in [0.5, 0.6) is 0 Å². The van der Waals surface area contributed by atoms with E-state index in [1.54, 1.807) is 0 Å². The van der Waals surface area contributed by atoms with Crippen molar-refractivity contribution in [1.82, 2.24) is 19.9 Å². The predicted molar refractivity (Wildman–Crippen MR) is 85.1 cm³/mol. The molecule has 1 aliphatic heterocycles. The molecule has 0 bridgehead atoms. The van der Waals surface area contributed by atoms with E-state index in [4.69, 9.17) is 17.3 Å². The Balaban J connectivity index is 2.03. The predicted octanol–water partition coefficient (Wildman–Crippen LogP) is 1.71. The monoisotopic (exact) mass is 322 g/mol. The average Bonchev–Trinajstić information content (AvgIpc) is 2.99. The molecule has 2 aromatic rings. The fraction of sp³-hybridized carbons (Fsp3) is 0.500. The first-order valence-corrected chi connectivity index (χ1v) is 7.53. The van der Waals surface area contributed by atoms with Crippen LogP contribution in [-0.4, -0.2) is 38.2 Å². The van der Waals surface area contributed by atoms with Gasteiger partial charge in [0.25, 0.3) is 0 Å². The third-order valence-corrected chi connectivity index (χ3v) is 4.51. The van der Waals surface area contributed by atoms with Crippen molar-refractivity contribution in [3.63, 3.8) is 0 Å². The number of fused-ring (bicyclic) bond motifs is 1. The molecule has 3 rings (SSSR count). The Labute approximate surface area is 133 Å². The van der Waals surface area contributed by atoms with Crippen molar-refractivity contribution in [1.29, 1.82) is 0 Å². The quantitative estimate of drug-likeness (QED) is 0.743. The fourth-order valence-corrected chi connectivity index (χ4v) is 3.17. The number of aliphatic hydroxyl groups is 1. The SMILES string of the molecule is Cc1nc(C(C)N2CC(CO)c3c(Cl)nc(N)nc32)[nH]c1C. The average molecular weight is 323 g/mol. The summed E-state index contributed by atoms with van der Waals surface area (Å²) in [5.41, 5.74) is 8.50. The molecule has 0 fully saturated rings. The number of nitrogens with zero attached hydrogens (tertiary/aromatic N) is 4. The van der Waals surface area contributed by atoms with Crippen LogP contribution in [0.2, 0.25) is 5.15 Å². The molecule has 1 aliphatic rings. The third-order valence-electron chi connectivity index (χ3n) is 4.22. The summed E-state index contributed by atoms with van der Waals surface area (Å²) < 4.78 is 0. The van der Waals surface area contributed by atoms with Crippen LogP contribution >= 0.6 is 11.6 Å². The minimum Gasteiger partial charge on any atom is -0.396 e. The summed E-state index contributed by atoms with van der Waals surface area (Å²) in [6.07, 6.45) is 0. The number of H-pyrrole nitrogens is 1. The van der Waals surface area contributed by atoms with Crippen molar-refractivity contribution >= 4 is 23.4 Å². The van der Waals surface area contributed by atoms with Gasteiger partial charge in [0, 0.05) is 23.7 Å². The number of rotatable bonds is 3. The maximum absolute atomic E-state index is 9.63. The van der Waals surface area contributed by atoms with Gasteiger partial charge in [0.1, 0.15) is 16.8 Å². The highest BCUT2D eigenvalue weighted by atomic mass is 35.5. The van der Waals surface area contributed by atoms with Gasteiger partial charge < -0.3 is 20.7 Å². The highest BCUT2D eigenvalue weighted by Gasteiger charge is 2.36. The Morgan fingerprint density at radius 1 is 1.41 bits per heavy atom. The van der Waals surface area contributed by atoms with Crippen molar-refractivity contribution in [3.05, 3.63) is 27.9 Å². The lowest BCUT2D eigenvalue weighted by atomic mass is 10.1. The third kappa shape index (κ3) is 2.30. The van der Waals surface area contributed by atoms with E-state index in [0.29, 0.717) is 17.5 Å². The lowest BCUT2D eigenvalue weighted by Gasteiger charge is -2.25. The number of aromatic amines is 1. The smallest absolute Gasteiger partial charge is 0.223 e. The largest absolute Gasteiger partial charge is 0.396 e. The van der Waals surface area contributed by atoms with Crippen LogP contribution in [0.25, 0.3) is 0 Å². The van der Waals surface area contributed by atoms with Crippen LogP contribution < -0.4 is 10.6 Å². The number of aliphatic hydroxyl groups excluding tert-OH is 1. The van der Waals surface area contributed by atoms with Gasteiger partial charge in [-0.3, -0.25) is 0 Å². The van der Waals surface area contributed by atoms with Crippen molar-refractivity contribution in [2.45, 2.75) is 32.7 Å². The number of nitrogens with one attached hydrogen (secondary N) is 1. The standard InChI is InChI=1S/C14H19ClN6O/c1-6-7(2)18-12(17-6)8(3)21-4-9(5-22)10-11(15)19-14(16)20-13(10)21/h8-9,22H,4-5H2,1-3H3,(H,17,18)(H2,16,19,20). The fourth-order valence-electron chi connectivity index (χ4n) is 2.84. The summed E-state index contributed by atoms with van der Waals surface area (Å²) >= 11 is 6.20. The number of nitrogen functional groups attached to an aromatic ring is 1. The molecule has 8 heteroatoms. The lowest BCUT2D eigenvalue weighted by molar-refractivity contribution is 0.269. The number of aromatic nitrogens is 4. The molecular formula is C14H19ClN6O. The molecule has 2 atom stereocenters. The zero-order chi connectivity index (χ0) is 16.0. The van der Waals surface area contributed by atoms with E-state index in [2.05, 4.69) is 24.8 Å². The second kappa shape index (κ2) is 5.40. The topological polar surface area (TPSA) is 104 Å². The molecular weight excluding hydrogens is 304 g/mol. The van der Waals surface area contributed by atoms with Gasteiger partial charge >= 0.3 is 0 Å². The van der Waals surface area contributed by atoms with E-state index in [1.165, 1.54) is 0 Å². The number of imidazole rings is 1. The first-order chi connectivity index (χ1) is 10.4. The number of halogens is 1. The molecule has 0 saturated carbocycles. The molecule has 2 unspecified atom stereocenters. The minimum atomic E-state index is -0.122. The summed E-state index contributed by atoms with van der Waals surface area (Å²) in [4.78, 5) is 18.2. The first kappa shape index (κ1) is 15.1. The second-order valence-corrected chi connectivity index (χ2v) is 6.01. The molecule has 0 aromatic carbocycles. The molecule has 2 aromatic heterocycles. The summed E-state index contributed by atoms with van der Waals surface area (Å²) in [5.74, 6) is 1.54.